The van der Waals surface area contributed by atoms with Crippen molar-refractivity contribution in [3.63, 3.8) is 0 Å². The average Bonchev–Trinajstić information content (AvgIpc) is 3.36. The van der Waals surface area contributed by atoms with Gasteiger partial charge in [0.1, 0.15) is 5.75 Å². The van der Waals surface area contributed by atoms with Gasteiger partial charge in [-0.1, -0.05) is 102 Å². The minimum atomic E-state index is -1.34. The quantitative estimate of drug-likeness (QED) is 0.183. The summed E-state index contributed by atoms with van der Waals surface area (Å²) in [5, 5.41) is 11.2. The van der Waals surface area contributed by atoms with Crippen LogP contribution in [-0.2, 0) is 24.6 Å². The Morgan fingerprint density at radius 3 is 2.25 bits per heavy atom. The summed E-state index contributed by atoms with van der Waals surface area (Å²) in [7, 11) is 0. The molecule has 1 heterocycles. The van der Waals surface area contributed by atoms with Crippen LogP contribution in [0.5, 0.6) is 5.75 Å². The van der Waals surface area contributed by atoms with E-state index in [0.717, 1.165) is 11.1 Å². The number of Topliss-reactive ketones (excluding diaryl/α,β-unsaturated/α-hetero) is 1. The Hall–Kier alpha value is -5.07. The van der Waals surface area contributed by atoms with Gasteiger partial charge in [-0.05, 0) is 78.3 Å². The second-order valence-corrected chi connectivity index (χ2v) is 13.7. The van der Waals surface area contributed by atoms with Gasteiger partial charge >= 0.3 is 0 Å². The van der Waals surface area contributed by atoms with Crippen molar-refractivity contribution in [1.82, 2.24) is 0 Å². The van der Waals surface area contributed by atoms with Crippen LogP contribution in [0.25, 0.3) is 5.57 Å². The third-order valence-electron chi connectivity index (χ3n) is 11.0. The highest BCUT2D eigenvalue weighted by molar-refractivity contribution is 6.33. The predicted octanol–water partition coefficient (Wildman–Crippen LogP) is 7.38. The number of aromatic hydroxyl groups is 1. The maximum Gasteiger partial charge on any atom is 0.238 e. The fourth-order valence-corrected chi connectivity index (χ4v) is 9.10. The Morgan fingerprint density at radius 1 is 0.812 bits per heavy atom. The topological polar surface area (TPSA) is 91.8 Å². The molecule has 2 amide bonds. The Morgan fingerprint density at radius 2 is 1.54 bits per heavy atom. The number of ketones is 2. The summed E-state index contributed by atoms with van der Waals surface area (Å²) in [6, 6.07) is 30.6. The van der Waals surface area contributed by atoms with Crippen LogP contribution in [0, 0.1) is 30.6 Å². The SMILES string of the molecule is Cc1ccc(N2C(=O)[C@H]3[C@H](CC=C4[C@H]3C[C@H]3C(=O)C(c5ccccc5)=CC(=O)[C@@]3(c3ccccc3)[C@H]4c3cccc(O)c3)C2=O)cc1Cl. The zero-order chi connectivity index (χ0) is 33.3. The number of allylic oxidation sites excluding steroid dienone is 4. The normalized spacial score (nSPS) is 28.0. The van der Waals surface area contributed by atoms with Crippen molar-refractivity contribution in [1.29, 1.82) is 0 Å². The number of phenols is 1. The van der Waals surface area contributed by atoms with E-state index in [1.165, 1.54) is 11.0 Å². The van der Waals surface area contributed by atoms with Crippen molar-refractivity contribution in [2.24, 2.45) is 23.7 Å². The number of phenolic OH excluding ortho intramolecular Hbond substituents is 1. The molecule has 1 aliphatic heterocycles. The number of carbonyl (C=O) groups is 4. The van der Waals surface area contributed by atoms with Crippen molar-refractivity contribution in [3.05, 3.63) is 148 Å². The van der Waals surface area contributed by atoms with Crippen LogP contribution in [0.2, 0.25) is 5.02 Å². The molecule has 1 saturated carbocycles. The number of hydrogen-bond acceptors (Lipinski definition) is 5. The largest absolute Gasteiger partial charge is 0.508 e. The fourth-order valence-electron chi connectivity index (χ4n) is 8.93. The van der Waals surface area contributed by atoms with Crippen LogP contribution < -0.4 is 4.90 Å². The molecule has 48 heavy (non-hydrogen) atoms. The van der Waals surface area contributed by atoms with Crippen LogP contribution in [-0.4, -0.2) is 28.5 Å². The molecule has 238 valence electrons. The third kappa shape index (κ3) is 4.32. The van der Waals surface area contributed by atoms with Crippen molar-refractivity contribution in [2.45, 2.75) is 31.1 Å². The second-order valence-electron chi connectivity index (χ2n) is 13.3. The lowest BCUT2D eigenvalue weighted by Crippen LogP contribution is -2.58. The molecule has 8 rings (SSSR count). The van der Waals surface area contributed by atoms with Crippen LogP contribution in [0.1, 0.15) is 41.0 Å². The van der Waals surface area contributed by atoms with E-state index in [1.807, 2.05) is 79.7 Å². The highest BCUT2D eigenvalue weighted by Gasteiger charge is 2.66. The fraction of sp³-hybridized carbons (Fsp3) is 0.220. The highest BCUT2D eigenvalue weighted by atomic mass is 35.5. The number of nitrogens with zero attached hydrogens (tertiary/aromatic N) is 1. The van der Waals surface area contributed by atoms with Gasteiger partial charge in [0, 0.05) is 22.4 Å². The maximum absolute atomic E-state index is 15.0. The van der Waals surface area contributed by atoms with E-state index < -0.39 is 35.0 Å². The van der Waals surface area contributed by atoms with Gasteiger partial charge in [-0.15, -0.1) is 0 Å². The Kier molecular flexibility index (Phi) is 7.11. The van der Waals surface area contributed by atoms with Crippen LogP contribution in [0.4, 0.5) is 5.69 Å². The Bertz CT molecular complexity index is 2090. The van der Waals surface area contributed by atoms with Gasteiger partial charge in [-0.25, -0.2) is 4.90 Å². The molecule has 1 saturated heterocycles. The molecular weight excluding hydrogens is 622 g/mol. The van der Waals surface area contributed by atoms with Crippen LogP contribution in [0.3, 0.4) is 0 Å². The molecule has 6 atom stereocenters. The van der Waals surface area contributed by atoms with E-state index in [4.69, 9.17) is 11.6 Å². The lowest BCUT2D eigenvalue weighted by Gasteiger charge is -2.55. The molecule has 4 aromatic rings. The van der Waals surface area contributed by atoms with Gasteiger partial charge in [0.15, 0.2) is 11.6 Å². The number of imide groups is 1. The summed E-state index contributed by atoms with van der Waals surface area (Å²) in [4.78, 5) is 59.7. The van der Waals surface area contributed by atoms with E-state index in [2.05, 4.69) is 0 Å². The number of benzene rings is 4. The lowest BCUT2D eigenvalue weighted by molar-refractivity contribution is -0.135. The molecule has 0 bridgehead atoms. The van der Waals surface area contributed by atoms with Gasteiger partial charge < -0.3 is 5.11 Å². The van der Waals surface area contributed by atoms with Gasteiger partial charge in [0.2, 0.25) is 11.8 Å². The van der Waals surface area contributed by atoms with Crippen molar-refractivity contribution < 1.29 is 24.3 Å². The molecule has 0 radical (unpaired) electrons. The Labute approximate surface area is 283 Å². The molecule has 0 spiro atoms. The number of carbonyl (C=O) groups excluding carboxylic acids is 4. The summed E-state index contributed by atoms with van der Waals surface area (Å²) < 4.78 is 0. The number of rotatable bonds is 4. The number of halogens is 1. The minimum Gasteiger partial charge on any atom is -0.508 e. The van der Waals surface area contributed by atoms with Crippen molar-refractivity contribution in [2.75, 3.05) is 4.90 Å². The second kappa shape index (κ2) is 11.3. The van der Waals surface area contributed by atoms with Gasteiger partial charge in [0.25, 0.3) is 0 Å². The number of amides is 2. The number of hydrogen-bond donors (Lipinski definition) is 1. The van der Waals surface area contributed by atoms with E-state index in [0.29, 0.717) is 39.4 Å². The summed E-state index contributed by atoms with van der Waals surface area (Å²) in [6.45, 7) is 1.86. The van der Waals surface area contributed by atoms with E-state index in [-0.39, 0.29) is 35.6 Å². The number of anilines is 1. The van der Waals surface area contributed by atoms with E-state index >= 15 is 4.79 Å². The van der Waals surface area contributed by atoms with E-state index in [1.54, 1.807) is 36.4 Å². The van der Waals surface area contributed by atoms with Crippen LogP contribution >= 0.6 is 11.6 Å². The molecular formula is C41H32ClNO5. The standard InChI is InChI=1S/C41H32ClNO5/c1-23-15-16-27(20-34(23)42)43-39(47)30-18-17-29-32(36(30)40(43)48)21-33-38(46)31(24-9-4-2-5-10-24)22-35(45)41(33,26-12-6-3-7-13-26)37(29)25-11-8-14-28(44)19-25/h2-17,19-20,22,30,32-33,36-37,44H,18,21H2,1H3/t30-,32+,33-,36-,37-,41-/m0/s1. The molecule has 3 aliphatic carbocycles. The Balaban J connectivity index is 1.35. The van der Waals surface area contributed by atoms with Crippen LogP contribution in [0.15, 0.2) is 121 Å². The molecule has 7 heteroatoms. The third-order valence-corrected chi connectivity index (χ3v) is 11.4. The van der Waals surface area contributed by atoms with Gasteiger partial charge in [0.05, 0.1) is 22.9 Å². The summed E-state index contributed by atoms with van der Waals surface area (Å²) >= 11 is 6.44. The summed E-state index contributed by atoms with van der Waals surface area (Å²) in [6.07, 6.45) is 4.05. The lowest BCUT2D eigenvalue weighted by atomic mass is 9.44. The number of aryl methyl sites for hydroxylation is 1. The predicted molar refractivity (Wildman–Crippen MR) is 183 cm³/mol. The average molecular weight is 654 g/mol. The smallest absolute Gasteiger partial charge is 0.238 e. The molecule has 0 aromatic heterocycles. The summed E-state index contributed by atoms with van der Waals surface area (Å²) in [5.74, 6) is -4.29. The molecule has 4 aliphatic rings. The monoisotopic (exact) mass is 653 g/mol. The highest BCUT2D eigenvalue weighted by Crippen LogP contribution is 2.63. The molecule has 1 N–H and O–H groups in total. The van der Waals surface area contributed by atoms with Gasteiger partial charge in [-0.2, -0.15) is 0 Å². The minimum absolute atomic E-state index is 0.0355. The first-order chi connectivity index (χ1) is 23.2. The summed E-state index contributed by atoms with van der Waals surface area (Å²) in [5.41, 5.74) is 3.15. The molecule has 4 aromatic carbocycles. The molecule has 2 fully saturated rings. The zero-order valence-corrected chi connectivity index (χ0v) is 26.9. The van der Waals surface area contributed by atoms with Crippen molar-refractivity contribution in [3.8, 4) is 5.75 Å². The first kappa shape index (κ1) is 30.3. The van der Waals surface area contributed by atoms with Gasteiger partial charge in [-0.3, -0.25) is 19.2 Å². The van der Waals surface area contributed by atoms with Crippen molar-refractivity contribution >= 4 is 46.2 Å². The molecule has 6 nitrogen and oxygen atoms in total. The first-order valence-corrected chi connectivity index (χ1v) is 16.6. The molecule has 0 unspecified atom stereocenters. The maximum atomic E-state index is 15.0. The zero-order valence-electron chi connectivity index (χ0n) is 26.2. The first-order valence-electron chi connectivity index (χ1n) is 16.3. The van der Waals surface area contributed by atoms with E-state index in [9.17, 15) is 19.5 Å². The number of fused-ring (bicyclic) bond motifs is 4.